The zero-order valence-electron chi connectivity index (χ0n) is 13.0. The summed E-state index contributed by atoms with van der Waals surface area (Å²) < 4.78 is 16.5. The summed E-state index contributed by atoms with van der Waals surface area (Å²) in [5.41, 5.74) is 1.66. The molecule has 0 unspecified atom stereocenters. The number of furan rings is 1. The van der Waals surface area contributed by atoms with E-state index in [-0.39, 0.29) is 11.5 Å². The van der Waals surface area contributed by atoms with Crippen LogP contribution >= 0.6 is 0 Å². The van der Waals surface area contributed by atoms with Crippen molar-refractivity contribution >= 4 is 16.8 Å². The summed E-state index contributed by atoms with van der Waals surface area (Å²) in [5.74, 6) is 1.55. The highest BCUT2D eigenvalue weighted by atomic mass is 16.5. The molecule has 0 aliphatic carbocycles. The van der Waals surface area contributed by atoms with Gasteiger partial charge in [-0.3, -0.25) is 4.79 Å². The minimum absolute atomic E-state index is 0.129. The van der Waals surface area contributed by atoms with Gasteiger partial charge in [-0.25, -0.2) is 0 Å². The third-order valence-electron chi connectivity index (χ3n) is 3.67. The van der Waals surface area contributed by atoms with Gasteiger partial charge in [0.05, 0.1) is 25.2 Å². The summed E-state index contributed by atoms with van der Waals surface area (Å²) in [4.78, 5) is 12.2. The molecule has 2 aromatic carbocycles. The summed E-state index contributed by atoms with van der Waals surface area (Å²) in [5, 5.41) is 10.1. The molecule has 0 atom stereocenters. The fourth-order valence-electron chi connectivity index (χ4n) is 2.60. The van der Waals surface area contributed by atoms with Gasteiger partial charge >= 0.3 is 0 Å². The minimum atomic E-state index is -0.129. The quantitative estimate of drug-likeness (QED) is 0.737. The van der Waals surface area contributed by atoms with Crippen molar-refractivity contribution in [3.8, 4) is 28.6 Å². The maximum atomic E-state index is 12.2. The van der Waals surface area contributed by atoms with Crippen LogP contribution < -0.4 is 9.47 Å². The van der Waals surface area contributed by atoms with Crippen LogP contribution in [0, 0.1) is 0 Å². The molecule has 118 valence electrons. The first-order valence-corrected chi connectivity index (χ1v) is 7.04. The Kier molecular flexibility index (Phi) is 3.70. The highest BCUT2D eigenvalue weighted by Gasteiger charge is 2.23. The van der Waals surface area contributed by atoms with Crippen molar-refractivity contribution in [1.82, 2.24) is 0 Å². The maximum Gasteiger partial charge on any atom is 0.164 e. The van der Waals surface area contributed by atoms with Crippen molar-refractivity contribution in [1.29, 1.82) is 0 Å². The Morgan fingerprint density at radius 1 is 1.09 bits per heavy atom. The molecule has 0 saturated heterocycles. The van der Waals surface area contributed by atoms with E-state index < -0.39 is 0 Å². The number of hydrogen-bond acceptors (Lipinski definition) is 5. The number of rotatable bonds is 4. The van der Waals surface area contributed by atoms with Gasteiger partial charge < -0.3 is 19.0 Å². The average Bonchev–Trinajstić information content (AvgIpc) is 2.94. The highest BCUT2D eigenvalue weighted by molar-refractivity contribution is 6.13. The number of ether oxygens (including phenoxy) is 2. The van der Waals surface area contributed by atoms with Crippen LogP contribution in [0.25, 0.3) is 22.3 Å². The predicted molar refractivity (Wildman–Crippen MR) is 86.4 cm³/mol. The van der Waals surface area contributed by atoms with E-state index in [1.54, 1.807) is 43.5 Å². The average molecular weight is 312 g/mol. The molecule has 5 nitrogen and oxygen atoms in total. The van der Waals surface area contributed by atoms with E-state index in [9.17, 15) is 9.90 Å². The number of phenolic OH excluding ortho intramolecular Hbond substituents is 1. The van der Waals surface area contributed by atoms with E-state index in [4.69, 9.17) is 13.9 Å². The van der Waals surface area contributed by atoms with Crippen molar-refractivity contribution in [3.63, 3.8) is 0 Å². The van der Waals surface area contributed by atoms with E-state index >= 15 is 0 Å². The molecule has 0 radical (unpaired) electrons. The number of carbonyl (C=O) groups excluding carboxylic acids is 1. The van der Waals surface area contributed by atoms with Crippen molar-refractivity contribution in [2.45, 2.75) is 6.92 Å². The normalized spacial score (nSPS) is 10.7. The Bertz CT molecular complexity index is 875. The molecule has 0 bridgehead atoms. The molecule has 0 aliphatic heterocycles. The Balaban J connectivity index is 2.36. The lowest BCUT2D eigenvalue weighted by molar-refractivity contribution is 0.101. The zero-order valence-corrected chi connectivity index (χ0v) is 13.0. The Morgan fingerprint density at radius 2 is 1.78 bits per heavy atom. The molecule has 5 heteroatoms. The molecule has 3 rings (SSSR count). The van der Waals surface area contributed by atoms with Gasteiger partial charge in [0.15, 0.2) is 5.78 Å². The smallest absolute Gasteiger partial charge is 0.164 e. The molecule has 0 amide bonds. The van der Waals surface area contributed by atoms with E-state index in [1.807, 2.05) is 0 Å². The SMILES string of the molecule is COc1cc(OC)c2c(C(C)=O)c(-c3ccc(O)cc3)oc2c1. The van der Waals surface area contributed by atoms with Crippen LogP contribution in [0.15, 0.2) is 40.8 Å². The van der Waals surface area contributed by atoms with Crippen molar-refractivity contribution in [2.75, 3.05) is 14.2 Å². The number of hydrogen-bond donors (Lipinski definition) is 1. The number of fused-ring (bicyclic) bond motifs is 1. The largest absolute Gasteiger partial charge is 0.508 e. The molecule has 23 heavy (non-hydrogen) atoms. The second kappa shape index (κ2) is 5.68. The first-order chi connectivity index (χ1) is 11.0. The van der Waals surface area contributed by atoms with Gasteiger partial charge in [0.25, 0.3) is 0 Å². The number of carbonyl (C=O) groups is 1. The summed E-state index contributed by atoms with van der Waals surface area (Å²) >= 11 is 0. The van der Waals surface area contributed by atoms with E-state index in [0.29, 0.717) is 39.4 Å². The molecule has 1 N–H and O–H groups in total. The van der Waals surface area contributed by atoms with E-state index in [0.717, 1.165) is 0 Å². The molecule has 0 saturated carbocycles. The Labute approximate surface area is 133 Å². The second-order valence-electron chi connectivity index (χ2n) is 5.11. The monoisotopic (exact) mass is 312 g/mol. The first-order valence-electron chi connectivity index (χ1n) is 7.04. The van der Waals surface area contributed by atoms with Crippen molar-refractivity contribution in [2.24, 2.45) is 0 Å². The molecule has 0 spiro atoms. The molecular formula is C18H16O5. The molecule has 0 fully saturated rings. The van der Waals surface area contributed by atoms with Crippen molar-refractivity contribution < 1.29 is 23.8 Å². The minimum Gasteiger partial charge on any atom is -0.508 e. The van der Waals surface area contributed by atoms with Crippen LogP contribution in [0.5, 0.6) is 17.2 Å². The lowest BCUT2D eigenvalue weighted by atomic mass is 10.0. The fraction of sp³-hybridized carbons (Fsp3) is 0.167. The summed E-state index contributed by atoms with van der Waals surface area (Å²) in [7, 11) is 3.08. The van der Waals surface area contributed by atoms with Gasteiger partial charge in [-0.2, -0.15) is 0 Å². The lowest BCUT2D eigenvalue weighted by Crippen LogP contribution is -1.95. The van der Waals surface area contributed by atoms with E-state index in [1.165, 1.54) is 14.0 Å². The van der Waals surface area contributed by atoms with Crippen LogP contribution in [0.1, 0.15) is 17.3 Å². The zero-order chi connectivity index (χ0) is 16.6. The topological polar surface area (TPSA) is 68.9 Å². The van der Waals surface area contributed by atoms with Crippen LogP contribution in [-0.4, -0.2) is 25.1 Å². The fourth-order valence-corrected chi connectivity index (χ4v) is 2.60. The molecule has 0 aliphatic rings. The van der Waals surface area contributed by atoms with Gasteiger partial charge in [-0.15, -0.1) is 0 Å². The third-order valence-corrected chi connectivity index (χ3v) is 3.67. The number of Topliss-reactive ketones (excluding diaryl/α,β-unsaturated/α-hetero) is 1. The number of ketones is 1. The lowest BCUT2D eigenvalue weighted by Gasteiger charge is -2.06. The van der Waals surface area contributed by atoms with Gasteiger partial charge in [0.1, 0.15) is 28.6 Å². The molecule has 3 aromatic rings. The summed E-state index contributed by atoms with van der Waals surface area (Å²) in [6.45, 7) is 1.48. The molecular weight excluding hydrogens is 296 g/mol. The summed E-state index contributed by atoms with van der Waals surface area (Å²) in [6, 6.07) is 9.92. The van der Waals surface area contributed by atoms with Gasteiger partial charge in [0, 0.05) is 17.7 Å². The molecule has 1 heterocycles. The summed E-state index contributed by atoms with van der Waals surface area (Å²) in [6.07, 6.45) is 0. The Morgan fingerprint density at radius 3 is 2.35 bits per heavy atom. The standard InChI is InChI=1S/C18H16O5/c1-10(19)16-17-14(22-3)8-13(21-2)9-15(17)23-18(16)11-4-6-12(20)7-5-11/h4-9,20H,1-3H3. The van der Waals surface area contributed by atoms with Crippen LogP contribution in [0.3, 0.4) is 0 Å². The number of aromatic hydroxyl groups is 1. The maximum absolute atomic E-state index is 12.2. The van der Waals surface area contributed by atoms with Crippen LogP contribution in [0.4, 0.5) is 0 Å². The van der Waals surface area contributed by atoms with Crippen LogP contribution in [0.2, 0.25) is 0 Å². The van der Waals surface area contributed by atoms with E-state index in [2.05, 4.69) is 0 Å². The Hall–Kier alpha value is -2.95. The second-order valence-corrected chi connectivity index (χ2v) is 5.11. The predicted octanol–water partition coefficient (Wildman–Crippen LogP) is 4.03. The number of methoxy groups -OCH3 is 2. The van der Waals surface area contributed by atoms with Gasteiger partial charge in [-0.05, 0) is 31.2 Å². The first kappa shape index (κ1) is 15.0. The highest BCUT2D eigenvalue weighted by Crippen LogP contribution is 2.41. The van der Waals surface area contributed by atoms with Gasteiger partial charge in [-0.1, -0.05) is 0 Å². The van der Waals surface area contributed by atoms with Crippen LogP contribution in [-0.2, 0) is 0 Å². The van der Waals surface area contributed by atoms with Gasteiger partial charge in [0.2, 0.25) is 0 Å². The number of phenols is 1. The third kappa shape index (κ3) is 2.50. The number of benzene rings is 2. The molecule has 1 aromatic heterocycles. The van der Waals surface area contributed by atoms with Crippen molar-refractivity contribution in [3.05, 3.63) is 42.0 Å².